The van der Waals surface area contributed by atoms with E-state index >= 15 is 0 Å². The van der Waals surface area contributed by atoms with Crippen LogP contribution in [0.4, 0.5) is 4.39 Å². The van der Waals surface area contributed by atoms with Crippen LogP contribution in [0.5, 0.6) is 0 Å². The molecule has 0 bridgehead atoms. The van der Waals surface area contributed by atoms with Crippen molar-refractivity contribution < 1.29 is 4.39 Å². The first-order chi connectivity index (χ1) is 12.5. The molecule has 0 atom stereocenters. The van der Waals surface area contributed by atoms with Crippen LogP contribution in [-0.4, -0.2) is 9.55 Å². The number of halogens is 3. The van der Waals surface area contributed by atoms with Gasteiger partial charge >= 0.3 is 0 Å². The van der Waals surface area contributed by atoms with Crippen molar-refractivity contribution in [1.29, 1.82) is 0 Å². The molecule has 0 aliphatic carbocycles. The molecule has 0 fully saturated rings. The molecule has 0 spiro atoms. The summed E-state index contributed by atoms with van der Waals surface area (Å²) in [4.78, 5) is 17.7. The molecular formula is C19H11Cl2FN2OS. The van der Waals surface area contributed by atoms with E-state index in [4.69, 9.17) is 23.2 Å². The summed E-state index contributed by atoms with van der Waals surface area (Å²) < 4.78 is 15.5. The third-order valence-electron chi connectivity index (χ3n) is 4.00. The van der Waals surface area contributed by atoms with Crippen LogP contribution in [-0.2, 0) is 6.42 Å². The van der Waals surface area contributed by atoms with E-state index in [-0.39, 0.29) is 5.56 Å². The van der Waals surface area contributed by atoms with Crippen LogP contribution >= 0.6 is 34.5 Å². The zero-order valence-electron chi connectivity index (χ0n) is 13.2. The van der Waals surface area contributed by atoms with E-state index in [0.29, 0.717) is 43.8 Å². The summed E-state index contributed by atoms with van der Waals surface area (Å²) in [7, 11) is 0. The molecular weight excluding hydrogens is 394 g/mol. The lowest BCUT2D eigenvalue weighted by atomic mass is 10.1. The fraction of sp³-hybridized carbons (Fsp3) is 0.0526. The lowest BCUT2D eigenvalue weighted by Crippen LogP contribution is -2.23. The van der Waals surface area contributed by atoms with E-state index in [1.807, 2.05) is 11.4 Å². The van der Waals surface area contributed by atoms with Gasteiger partial charge < -0.3 is 0 Å². The summed E-state index contributed by atoms with van der Waals surface area (Å²) in [6, 6.07) is 13.0. The average Bonchev–Trinajstić information content (AvgIpc) is 3.08. The summed E-state index contributed by atoms with van der Waals surface area (Å²) in [6.45, 7) is 0. The smallest absolute Gasteiger partial charge is 0.267 e. The molecule has 26 heavy (non-hydrogen) atoms. The Kier molecular flexibility index (Phi) is 4.53. The van der Waals surface area contributed by atoms with Gasteiger partial charge in [-0.1, -0.05) is 29.3 Å². The van der Waals surface area contributed by atoms with E-state index in [2.05, 4.69) is 4.98 Å². The highest BCUT2D eigenvalue weighted by molar-refractivity contribution is 7.17. The van der Waals surface area contributed by atoms with E-state index in [9.17, 15) is 9.18 Å². The second-order valence-electron chi connectivity index (χ2n) is 5.69. The Bertz CT molecular complexity index is 1170. The predicted molar refractivity (Wildman–Crippen MR) is 104 cm³/mol. The Labute approximate surface area is 162 Å². The van der Waals surface area contributed by atoms with Crippen LogP contribution in [0.25, 0.3) is 15.9 Å². The van der Waals surface area contributed by atoms with Crippen molar-refractivity contribution in [3.05, 3.63) is 91.5 Å². The van der Waals surface area contributed by atoms with Crippen molar-refractivity contribution in [3.63, 3.8) is 0 Å². The maximum atomic E-state index is 13.3. The first kappa shape index (κ1) is 17.2. The SMILES string of the molecule is O=c1c2sccc2nc(Cc2ccc(F)cc2Cl)n1-c1ccc(Cl)cc1. The van der Waals surface area contributed by atoms with Gasteiger partial charge in [-0.2, -0.15) is 0 Å². The second-order valence-corrected chi connectivity index (χ2v) is 7.45. The van der Waals surface area contributed by atoms with Crippen LogP contribution in [0, 0.1) is 5.82 Å². The molecule has 0 saturated carbocycles. The number of hydrogen-bond donors (Lipinski definition) is 0. The van der Waals surface area contributed by atoms with Crippen LogP contribution in [0.15, 0.2) is 58.7 Å². The molecule has 2 heterocycles. The number of hydrogen-bond acceptors (Lipinski definition) is 3. The lowest BCUT2D eigenvalue weighted by Gasteiger charge is -2.13. The largest absolute Gasteiger partial charge is 0.276 e. The van der Waals surface area contributed by atoms with Crippen LogP contribution in [0.1, 0.15) is 11.4 Å². The summed E-state index contributed by atoms with van der Waals surface area (Å²) in [5.41, 5.74) is 1.84. The number of aromatic nitrogens is 2. The number of nitrogens with zero attached hydrogens (tertiary/aromatic N) is 2. The van der Waals surface area contributed by atoms with E-state index in [1.54, 1.807) is 34.9 Å². The molecule has 4 aromatic rings. The Hall–Kier alpha value is -2.21. The molecule has 4 rings (SSSR count). The first-order valence-electron chi connectivity index (χ1n) is 7.72. The van der Waals surface area contributed by atoms with Crippen molar-refractivity contribution in [2.75, 3.05) is 0 Å². The number of thiophene rings is 1. The zero-order chi connectivity index (χ0) is 18.3. The Morgan fingerprint density at radius 1 is 1.08 bits per heavy atom. The molecule has 0 N–H and O–H groups in total. The van der Waals surface area contributed by atoms with Gasteiger partial charge in [-0.25, -0.2) is 9.37 Å². The third kappa shape index (κ3) is 3.14. The topological polar surface area (TPSA) is 34.9 Å². The maximum Gasteiger partial charge on any atom is 0.276 e. The second kappa shape index (κ2) is 6.83. The van der Waals surface area contributed by atoms with Crippen LogP contribution < -0.4 is 5.56 Å². The summed E-state index contributed by atoms with van der Waals surface area (Å²) in [6.07, 6.45) is 0.294. The normalized spacial score (nSPS) is 11.2. The van der Waals surface area contributed by atoms with Gasteiger partial charge in [0.25, 0.3) is 5.56 Å². The van der Waals surface area contributed by atoms with E-state index in [0.717, 1.165) is 0 Å². The van der Waals surface area contributed by atoms with Gasteiger partial charge in [0.05, 0.1) is 11.2 Å². The molecule has 130 valence electrons. The fourth-order valence-corrected chi connectivity index (χ4v) is 3.89. The minimum atomic E-state index is -0.407. The number of fused-ring (bicyclic) bond motifs is 1. The summed E-state index contributed by atoms with van der Waals surface area (Å²) in [5.74, 6) is 0.117. The molecule has 2 aromatic heterocycles. The highest BCUT2D eigenvalue weighted by Crippen LogP contribution is 2.23. The van der Waals surface area contributed by atoms with Crippen molar-refractivity contribution in [1.82, 2.24) is 9.55 Å². The lowest BCUT2D eigenvalue weighted by molar-refractivity contribution is 0.627. The van der Waals surface area contributed by atoms with E-state index < -0.39 is 5.82 Å². The summed E-state index contributed by atoms with van der Waals surface area (Å²) >= 11 is 13.5. The Morgan fingerprint density at radius 2 is 1.85 bits per heavy atom. The minimum Gasteiger partial charge on any atom is -0.267 e. The molecule has 2 aromatic carbocycles. The molecule has 7 heteroatoms. The van der Waals surface area contributed by atoms with E-state index in [1.165, 1.54) is 23.5 Å². The molecule has 0 amide bonds. The van der Waals surface area contributed by atoms with Crippen LogP contribution in [0.2, 0.25) is 10.0 Å². The van der Waals surface area contributed by atoms with Gasteiger partial charge in [0.2, 0.25) is 0 Å². The first-order valence-corrected chi connectivity index (χ1v) is 9.35. The van der Waals surface area contributed by atoms with Crippen LogP contribution in [0.3, 0.4) is 0 Å². The molecule has 0 saturated heterocycles. The van der Waals surface area contributed by atoms with Crippen molar-refractivity contribution in [2.24, 2.45) is 0 Å². The van der Waals surface area contributed by atoms with Gasteiger partial charge in [0.1, 0.15) is 16.3 Å². The Morgan fingerprint density at radius 3 is 2.58 bits per heavy atom. The number of rotatable bonds is 3. The van der Waals surface area contributed by atoms with Gasteiger partial charge in [-0.15, -0.1) is 11.3 Å². The molecule has 0 radical (unpaired) electrons. The van der Waals surface area contributed by atoms with Gasteiger partial charge in [0, 0.05) is 16.5 Å². The highest BCUT2D eigenvalue weighted by Gasteiger charge is 2.15. The van der Waals surface area contributed by atoms with Crippen molar-refractivity contribution in [2.45, 2.75) is 6.42 Å². The molecule has 0 aliphatic rings. The molecule has 0 aliphatic heterocycles. The van der Waals surface area contributed by atoms with Gasteiger partial charge in [0.15, 0.2) is 0 Å². The zero-order valence-corrected chi connectivity index (χ0v) is 15.6. The van der Waals surface area contributed by atoms with Gasteiger partial charge in [-0.05, 0) is 53.4 Å². The highest BCUT2D eigenvalue weighted by atomic mass is 35.5. The number of benzene rings is 2. The fourth-order valence-electron chi connectivity index (χ4n) is 2.77. The standard InChI is InChI=1S/C19H11Cl2FN2OS/c20-12-2-5-14(6-3-12)24-17(9-11-1-4-13(22)10-15(11)21)23-16-7-8-26-18(16)19(24)25/h1-8,10H,9H2. The van der Waals surface area contributed by atoms with Gasteiger partial charge in [-0.3, -0.25) is 9.36 Å². The maximum absolute atomic E-state index is 13.3. The summed E-state index contributed by atoms with van der Waals surface area (Å²) in [5, 5.41) is 2.71. The Balaban J connectivity index is 1.93. The average molecular weight is 405 g/mol. The van der Waals surface area contributed by atoms with Crippen molar-refractivity contribution in [3.8, 4) is 5.69 Å². The predicted octanol–water partition coefficient (Wildman–Crippen LogP) is 5.48. The van der Waals surface area contributed by atoms with Crippen molar-refractivity contribution >= 4 is 44.8 Å². The molecule has 3 nitrogen and oxygen atoms in total. The monoisotopic (exact) mass is 404 g/mol. The minimum absolute atomic E-state index is 0.152. The quantitative estimate of drug-likeness (QED) is 0.452. The third-order valence-corrected chi connectivity index (χ3v) is 5.49. The molecule has 0 unspecified atom stereocenters.